The molecule has 0 aliphatic rings. The molecule has 1 unspecified atom stereocenters. The highest BCUT2D eigenvalue weighted by Gasteiger charge is 2.03. The number of alkyl halides is 1. The third-order valence-corrected chi connectivity index (χ3v) is 2.82. The average molecular weight is 198 g/mol. The lowest BCUT2D eigenvalue weighted by molar-refractivity contribution is 0.112. The van der Waals surface area contributed by atoms with Crippen LogP contribution in [0.4, 0.5) is 4.39 Å². The fourth-order valence-corrected chi connectivity index (χ4v) is 1.78. The minimum atomic E-state index is -0.843. The van der Waals surface area contributed by atoms with Crippen LogP contribution in [0.3, 0.4) is 0 Å². The monoisotopic (exact) mass is 198 g/mol. The van der Waals surface area contributed by atoms with Crippen molar-refractivity contribution in [1.82, 2.24) is 0 Å². The zero-order valence-electron chi connectivity index (χ0n) is 7.37. The SMILES string of the molecule is CC(F)CSc1ccccc1C=O. The number of benzene rings is 1. The average Bonchev–Trinajstić information content (AvgIpc) is 2.15. The van der Waals surface area contributed by atoms with Crippen LogP contribution in [-0.4, -0.2) is 18.2 Å². The summed E-state index contributed by atoms with van der Waals surface area (Å²) in [6.45, 7) is 1.51. The highest BCUT2D eigenvalue weighted by Crippen LogP contribution is 2.22. The quantitative estimate of drug-likeness (QED) is 0.546. The van der Waals surface area contributed by atoms with Gasteiger partial charge in [0.2, 0.25) is 0 Å². The lowest BCUT2D eigenvalue weighted by Gasteiger charge is -2.04. The van der Waals surface area contributed by atoms with Crippen molar-refractivity contribution >= 4 is 18.0 Å². The maximum Gasteiger partial charge on any atom is 0.151 e. The molecule has 0 fully saturated rings. The summed E-state index contributed by atoms with van der Waals surface area (Å²) in [4.78, 5) is 11.4. The smallest absolute Gasteiger partial charge is 0.151 e. The Kier molecular flexibility index (Phi) is 3.96. The van der Waals surface area contributed by atoms with Gasteiger partial charge in [-0.15, -0.1) is 11.8 Å². The molecule has 70 valence electrons. The minimum Gasteiger partial charge on any atom is -0.298 e. The van der Waals surface area contributed by atoms with Gasteiger partial charge in [0.25, 0.3) is 0 Å². The number of rotatable bonds is 4. The van der Waals surface area contributed by atoms with Crippen LogP contribution in [0.15, 0.2) is 29.2 Å². The van der Waals surface area contributed by atoms with Crippen molar-refractivity contribution < 1.29 is 9.18 Å². The van der Waals surface area contributed by atoms with Gasteiger partial charge in [0, 0.05) is 16.2 Å². The van der Waals surface area contributed by atoms with Crippen molar-refractivity contribution in [2.45, 2.75) is 18.0 Å². The fourth-order valence-electron chi connectivity index (χ4n) is 0.914. The topological polar surface area (TPSA) is 17.1 Å². The van der Waals surface area contributed by atoms with E-state index in [-0.39, 0.29) is 0 Å². The molecule has 0 spiro atoms. The van der Waals surface area contributed by atoms with Crippen LogP contribution in [0.2, 0.25) is 0 Å². The van der Waals surface area contributed by atoms with E-state index < -0.39 is 6.17 Å². The number of hydrogen-bond acceptors (Lipinski definition) is 2. The second kappa shape index (κ2) is 5.02. The number of halogens is 1. The van der Waals surface area contributed by atoms with E-state index in [4.69, 9.17) is 0 Å². The predicted octanol–water partition coefficient (Wildman–Crippen LogP) is 2.95. The Morgan fingerprint density at radius 1 is 1.54 bits per heavy atom. The first-order chi connectivity index (χ1) is 6.24. The number of thioether (sulfide) groups is 1. The van der Waals surface area contributed by atoms with E-state index in [1.165, 1.54) is 18.7 Å². The molecule has 1 atom stereocenters. The molecule has 0 aromatic heterocycles. The van der Waals surface area contributed by atoms with Crippen molar-refractivity contribution in [3.05, 3.63) is 29.8 Å². The largest absolute Gasteiger partial charge is 0.298 e. The van der Waals surface area contributed by atoms with Gasteiger partial charge in [-0.1, -0.05) is 18.2 Å². The lowest BCUT2D eigenvalue weighted by atomic mass is 10.2. The molecule has 0 aliphatic heterocycles. The molecule has 3 heteroatoms. The molecule has 0 aliphatic carbocycles. The normalized spacial score (nSPS) is 12.5. The van der Waals surface area contributed by atoms with Crippen LogP contribution in [0.25, 0.3) is 0 Å². The summed E-state index contributed by atoms with van der Waals surface area (Å²) in [5.41, 5.74) is 0.633. The molecule has 0 amide bonds. The molecule has 0 N–H and O–H groups in total. The maximum absolute atomic E-state index is 12.5. The first-order valence-electron chi connectivity index (χ1n) is 4.05. The molecule has 0 saturated carbocycles. The molecular weight excluding hydrogens is 187 g/mol. The van der Waals surface area contributed by atoms with Crippen LogP contribution >= 0.6 is 11.8 Å². The van der Waals surface area contributed by atoms with Crippen molar-refractivity contribution in [3.63, 3.8) is 0 Å². The number of aldehydes is 1. The Balaban J connectivity index is 2.69. The summed E-state index contributed by atoms with van der Waals surface area (Å²) in [7, 11) is 0. The van der Waals surface area contributed by atoms with E-state index in [2.05, 4.69) is 0 Å². The first kappa shape index (κ1) is 10.3. The van der Waals surface area contributed by atoms with Gasteiger partial charge in [-0.25, -0.2) is 4.39 Å². The Bertz CT molecular complexity index is 286. The molecule has 0 radical (unpaired) electrons. The van der Waals surface area contributed by atoms with E-state index >= 15 is 0 Å². The van der Waals surface area contributed by atoms with E-state index in [0.29, 0.717) is 11.3 Å². The van der Waals surface area contributed by atoms with Crippen LogP contribution in [-0.2, 0) is 0 Å². The lowest BCUT2D eigenvalue weighted by Crippen LogP contribution is -1.96. The summed E-state index contributed by atoms with van der Waals surface area (Å²) < 4.78 is 12.5. The summed E-state index contributed by atoms with van der Waals surface area (Å²) in [6.07, 6.45) is -0.0460. The first-order valence-corrected chi connectivity index (χ1v) is 5.03. The van der Waals surface area contributed by atoms with Crippen LogP contribution < -0.4 is 0 Å². The van der Waals surface area contributed by atoms with Gasteiger partial charge in [-0.3, -0.25) is 4.79 Å². The molecule has 1 rings (SSSR count). The van der Waals surface area contributed by atoms with Gasteiger partial charge in [-0.2, -0.15) is 0 Å². The zero-order chi connectivity index (χ0) is 9.68. The van der Waals surface area contributed by atoms with Gasteiger partial charge < -0.3 is 0 Å². The second-order valence-electron chi connectivity index (χ2n) is 2.75. The standard InChI is InChI=1S/C10H11FOS/c1-8(11)7-13-10-5-3-2-4-9(10)6-12/h2-6,8H,7H2,1H3. The minimum absolute atomic E-state index is 0.394. The summed E-state index contributed by atoms with van der Waals surface area (Å²) in [5, 5.41) is 0. The Hall–Kier alpha value is -0.830. The Labute approximate surface area is 81.3 Å². The van der Waals surface area contributed by atoms with Gasteiger partial charge in [-0.05, 0) is 13.0 Å². The van der Waals surface area contributed by atoms with Gasteiger partial charge in [0.1, 0.15) is 6.17 Å². The highest BCUT2D eigenvalue weighted by atomic mass is 32.2. The van der Waals surface area contributed by atoms with Gasteiger partial charge in [0.15, 0.2) is 6.29 Å². The van der Waals surface area contributed by atoms with E-state index in [1.54, 1.807) is 12.1 Å². The number of carbonyl (C=O) groups is 1. The summed E-state index contributed by atoms with van der Waals surface area (Å²) >= 11 is 1.37. The molecule has 0 heterocycles. The van der Waals surface area contributed by atoms with Crippen molar-refractivity contribution in [2.75, 3.05) is 5.75 Å². The fraction of sp³-hybridized carbons (Fsp3) is 0.300. The molecule has 0 saturated heterocycles. The zero-order valence-corrected chi connectivity index (χ0v) is 8.18. The van der Waals surface area contributed by atoms with E-state index in [9.17, 15) is 9.18 Å². The second-order valence-corrected chi connectivity index (χ2v) is 3.81. The van der Waals surface area contributed by atoms with Crippen LogP contribution in [0.1, 0.15) is 17.3 Å². The molecule has 13 heavy (non-hydrogen) atoms. The highest BCUT2D eigenvalue weighted by molar-refractivity contribution is 7.99. The van der Waals surface area contributed by atoms with E-state index in [1.807, 2.05) is 12.1 Å². The summed E-state index contributed by atoms with van der Waals surface area (Å²) in [6, 6.07) is 7.21. The summed E-state index contributed by atoms with van der Waals surface area (Å²) in [5.74, 6) is 0.394. The molecule has 0 bridgehead atoms. The van der Waals surface area contributed by atoms with Gasteiger partial charge >= 0.3 is 0 Å². The maximum atomic E-state index is 12.5. The van der Waals surface area contributed by atoms with Crippen LogP contribution in [0, 0.1) is 0 Å². The van der Waals surface area contributed by atoms with Crippen molar-refractivity contribution in [1.29, 1.82) is 0 Å². The third-order valence-electron chi connectivity index (χ3n) is 1.51. The number of carbonyl (C=O) groups excluding carboxylic acids is 1. The van der Waals surface area contributed by atoms with E-state index in [0.717, 1.165) is 11.2 Å². The van der Waals surface area contributed by atoms with Gasteiger partial charge in [0.05, 0.1) is 0 Å². The predicted molar refractivity (Wildman–Crippen MR) is 53.1 cm³/mol. The molecule has 1 nitrogen and oxygen atoms in total. The third kappa shape index (κ3) is 3.19. The van der Waals surface area contributed by atoms with Crippen molar-refractivity contribution in [3.8, 4) is 0 Å². The molecular formula is C10H11FOS. The van der Waals surface area contributed by atoms with Crippen molar-refractivity contribution in [2.24, 2.45) is 0 Å². The Morgan fingerprint density at radius 3 is 2.85 bits per heavy atom. The van der Waals surface area contributed by atoms with Crippen LogP contribution in [0.5, 0.6) is 0 Å². The molecule has 1 aromatic carbocycles. The molecule has 1 aromatic rings. The Morgan fingerprint density at radius 2 is 2.23 bits per heavy atom. The number of hydrogen-bond donors (Lipinski definition) is 0.